The third-order valence-corrected chi connectivity index (χ3v) is 2.94. The molecule has 78 valence electrons. The van der Waals surface area contributed by atoms with Crippen molar-refractivity contribution in [1.29, 1.82) is 0 Å². The number of aliphatic hydroxyl groups is 4. The Morgan fingerprint density at radius 3 is 2.23 bits per heavy atom. The van der Waals surface area contributed by atoms with Crippen LogP contribution in [0.2, 0.25) is 0 Å². The highest BCUT2D eigenvalue weighted by Gasteiger charge is 2.42. The molecule has 0 bridgehead atoms. The molecule has 0 saturated carbocycles. The van der Waals surface area contributed by atoms with Gasteiger partial charge in [0, 0.05) is 0 Å². The quantitative estimate of drug-likeness (QED) is 0.428. The second-order valence-electron chi connectivity index (χ2n) is 2.93. The highest BCUT2D eigenvalue weighted by Crippen LogP contribution is 2.26. The molecule has 3 unspecified atom stereocenters. The van der Waals surface area contributed by atoms with Crippen LogP contribution in [0.4, 0.5) is 0 Å². The SMILES string of the molecule is CS[C@@H]1OC(CO)[C@@H](O)C(O)C1O. The van der Waals surface area contributed by atoms with E-state index in [4.69, 9.17) is 9.84 Å². The molecular weight excluding hydrogens is 196 g/mol. The number of hydrogen-bond donors (Lipinski definition) is 4. The predicted octanol–water partition coefficient (Wildman–Crippen LogP) is -1.85. The van der Waals surface area contributed by atoms with Crippen LogP contribution in [-0.2, 0) is 4.74 Å². The van der Waals surface area contributed by atoms with Gasteiger partial charge in [-0.1, -0.05) is 0 Å². The number of aliphatic hydroxyl groups excluding tert-OH is 4. The fourth-order valence-electron chi connectivity index (χ4n) is 1.26. The third-order valence-electron chi connectivity index (χ3n) is 2.08. The van der Waals surface area contributed by atoms with Crippen molar-refractivity contribution in [2.24, 2.45) is 0 Å². The molecule has 1 heterocycles. The van der Waals surface area contributed by atoms with Gasteiger partial charge in [0.05, 0.1) is 6.61 Å². The van der Waals surface area contributed by atoms with Crippen molar-refractivity contribution in [3.05, 3.63) is 0 Å². The first-order valence-electron chi connectivity index (χ1n) is 3.95. The van der Waals surface area contributed by atoms with E-state index in [9.17, 15) is 15.3 Å². The van der Waals surface area contributed by atoms with Crippen LogP contribution in [-0.4, -0.2) is 63.1 Å². The van der Waals surface area contributed by atoms with Gasteiger partial charge >= 0.3 is 0 Å². The van der Waals surface area contributed by atoms with Crippen LogP contribution in [0.25, 0.3) is 0 Å². The van der Waals surface area contributed by atoms with Gasteiger partial charge in [0.1, 0.15) is 29.9 Å². The van der Waals surface area contributed by atoms with Crippen molar-refractivity contribution in [2.75, 3.05) is 12.9 Å². The Bertz CT molecular complexity index is 147. The lowest BCUT2D eigenvalue weighted by Gasteiger charge is -2.39. The molecule has 0 spiro atoms. The lowest BCUT2D eigenvalue weighted by molar-refractivity contribution is -0.205. The van der Waals surface area contributed by atoms with Crippen molar-refractivity contribution in [1.82, 2.24) is 0 Å². The summed E-state index contributed by atoms with van der Waals surface area (Å²) in [4.78, 5) is 0. The van der Waals surface area contributed by atoms with E-state index in [2.05, 4.69) is 0 Å². The Balaban J connectivity index is 2.66. The summed E-state index contributed by atoms with van der Waals surface area (Å²) in [5.74, 6) is 0. The molecule has 6 heteroatoms. The first kappa shape index (κ1) is 11.2. The van der Waals surface area contributed by atoms with Gasteiger partial charge in [-0.15, -0.1) is 11.8 Å². The second kappa shape index (κ2) is 4.59. The Hall–Kier alpha value is 0.150. The molecule has 0 aromatic carbocycles. The van der Waals surface area contributed by atoms with Crippen molar-refractivity contribution in [2.45, 2.75) is 29.9 Å². The van der Waals surface area contributed by atoms with Crippen LogP contribution < -0.4 is 0 Å². The van der Waals surface area contributed by atoms with Gasteiger partial charge in [-0.2, -0.15) is 0 Å². The number of ether oxygens (including phenoxy) is 1. The highest BCUT2D eigenvalue weighted by molar-refractivity contribution is 7.99. The third kappa shape index (κ3) is 2.15. The van der Waals surface area contributed by atoms with Crippen LogP contribution in [0.15, 0.2) is 0 Å². The molecule has 0 aromatic heterocycles. The smallest absolute Gasteiger partial charge is 0.132 e. The van der Waals surface area contributed by atoms with Gasteiger partial charge in [-0.3, -0.25) is 0 Å². The zero-order valence-electron chi connectivity index (χ0n) is 7.20. The van der Waals surface area contributed by atoms with Crippen molar-refractivity contribution in [3.63, 3.8) is 0 Å². The summed E-state index contributed by atoms with van der Waals surface area (Å²) in [7, 11) is 0. The topological polar surface area (TPSA) is 90.2 Å². The molecule has 0 radical (unpaired) electrons. The standard InChI is InChI=1S/C7H14O5S/c1-13-7-6(11)5(10)4(9)3(2-8)12-7/h3-11H,2H2,1H3/t3?,4-,5?,6?,7+/m1/s1. The second-order valence-corrected chi connectivity index (χ2v) is 3.87. The van der Waals surface area contributed by atoms with Gasteiger partial charge in [0.25, 0.3) is 0 Å². The lowest BCUT2D eigenvalue weighted by atomic mass is 10.0. The maximum Gasteiger partial charge on any atom is 0.132 e. The maximum absolute atomic E-state index is 9.38. The van der Waals surface area contributed by atoms with Crippen LogP contribution in [0, 0.1) is 0 Å². The summed E-state index contributed by atoms with van der Waals surface area (Å²) in [6.45, 7) is -0.373. The summed E-state index contributed by atoms with van der Waals surface area (Å²) in [5.41, 5.74) is -0.601. The van der Waals surface area contributed by atoms with Crippen LogP contribution in [0.5, 0.6) is 0 Å². The molecule has 0 aliphatic carbocycles. The van der Waals surface area contributed by atoms with Gasteiger partial charge in [-0.05, 0) is 6.26 Å². The number of hydrogen-bond acceptors (Lipinski definition) is 6. The first-order chi connectivity index (χ1) is 6.11. The van der Waals surface area contributed by atoms with Gasteiger partial charge in [0.15, 0.2) is 0 Å². The molecule has 13 heavy (non-hydrogen) atoms. The van der Waals surface area contributed by atoms with Crippen LogP contribution >= 0.6 is 11.8 Å². The van der Waals surface area contributed by atoms with Gasteiger partial charge in [0.2, 0.25) is 0 Å². The minimum Gasteiger partial charge on any atom is -0.394 e. The Labute approximate surface area is 80.3 Å². The summed E-state index contributed by atoms with van der Waals surface area (Å²) in [6, 6.07) is 0. The maximum atomic E-state index is 9.38. The van der Waals surface area contributed by atoms with E-state index in [1.807, 2.05) is 0 Å². The highest BCUT2D eigenvalue weighted by atomic mass is 32.2. The minimum absolute atomic E-state index is 0.373. The average molecular weight is 210 g/mol. The Morgan fingerprint density at radius 2 is 1.77 bits per heavy atom. The minimum atomic E-state index is -1.26. The largest absolute Gasteiger partial charge is 0.394 e. The van der Waals surface area contributed by atoms with E-state index in [0.29, 0.717) is 0 Å². The molecule has 1 fully saturated rings. The van der Waals surface area contributed by atoms with E-state index in [1.165, 1.54) is 11.8 Å². The monoisotopic (exact) mass is 210 g/mol. The fourth-order valence-corrected chi connectivity index (χ4v) is 1.96. The van der Waals surface area contributed by atoms with Crippen molar-refractivity contribution >= 4 is 11.8 Å². The molecule has 1 aliphatic heterocycles. The van der Waals surface area contributed by atoms with E-state index in [1.54, 1.807) is 6.26 Å². The van der Waals surface area contributed by atoms with E-state index in [-0.39, 0.29) is 6.61 Å². The number of rotatable bonds is 2. The summed E-state index contributed by atoms with van der Waals surface area (Å²) < 4.78 is 5.13. The van der Waals surface area contributed by atoms with Gasteiger partial charge in [-0.25, -0.2) is 0 Å². The predicted molar refractivity (Wildman–Crippen MR) is 47.3 cm³/mol. The van der Waals surface area contributed by atoms with Gasteiger partial charge < -0.3 is 25.2 Å². The average Bonchev–Trinajstić information content (AvgIpc) is 2.15. The Morgan fingerprint density at radius 1 is 1.15 bits per heavy atom. The molecule has 5 atom stereocenters. The molecule has 1 rings (SSSR count). The number of thioether (sulfide) groups is 1. The van der Waals surface area contributed by atoms with E-state index >= 15 is 0 Å². The normalized spacial score (nSPS) is 46.4. The summed E-state index contributed by atoms with van der Waals surface area (Å²) in [5, 5.41) is 36.8. The lowest BCUT2D eigenvalue weighted by Crippen LogP contribution is -2.57. The summed E-state index contributed by atoms with van der Waals surface area (Å²) in [6.07, 6.45) is -2.72. The van der Waals surface area contributed by atoms with E-state index in [0.717, 1.165) is 0 Å². The molecule has 0 aromatic rings. The first-order valence-corrected chi connectivity index (χ1v) is 5.24. The molecule has 5 nitrogen and oxygen atoms in total. The van der Waals surface area contributed by atoms with E-state index < -0.39 is 29.9 Å². The molecule has 1 aliphatic rings. The molecule has 4 N–H and O–H groups in total. The van der Waals surface area contributed by atoms with Crippen LogP contribution in [0.3, 0.4) is 0 Å². The zero-order chi connectivity index (χ0) is 10.0. The molecule has 0 amide bonds. The van der Waals surface area contributed by atoms with Crippen molar-refractivity contribution < 1.29 is 25.2 Å². The summed E-state index contributed by atoms with van der Waals surface area (Å²) >= 11 is 1.22. The van der Waals surface area contributed by atoms with Crippen LogP contribution in [0.1, 0.15) is 0 Å². The molecule has 1 saturated heterocycles. The Kier molecular flexibility index (Phi) is 3.96. The fraction of sp³-hybridized carbons (Fsp3) is 1.00. The zero-order valence-corrected chi connectivity index (χ0v) is 8.02. The van der Waals surface area contributed by atoms with Crippen molar-refractivity contribution in [3.8, 4) is 0 Å². The molecular formula is C7H14O5S.